The van der Waals surface area contributed by atoms with E-state index in [4.69, 9.17) is 0 Å². The fraction of sp³-hybridized carbons (Fsp3) is 0.818. The summed E-state index contributed by atoms with van der Waals surface area (Å²) in [4.78, 5) is 4.21. The molecular formula is C11H22N4. The maximum Gasteiger partial charge on any atom is 0.164 e. The second-order valence-electron chi connectivity index (χ2n) is 3.87. The number of unbranched alkanes of at least 4 members (excludes halogenated alkanes) is 4. The van der Waals surface area contributed by atoms with Gasteiger partial charge in [-0.25, -0.2) is 4.98 Å². The number of hydrogen-bond donors (Lipinski definition) is 1. The maximum absolute atomic E-state index is 4.36. The SMILES string of the molecule is CCCCCCCn1cnc(CNC)n1. The molecule has 0 aromatic carbocycles. The molecule has 0 saturated carbocycles. The molecule has 1 heterocycles. The normalized spacial score (nSPS) is 10.8. The molecular weight excluding hydrogens is 188 g/mol. The van der Waals surface area contributed by atoms with E-state index in [0.717, 1.165) is 18.9 Å². The molecule has 0 amide bonds. The van der Waals surface area contributed by atoms with Crippen molar-refractivity contribution in [2.45, 2.75) is 52.1 Å². The first-order valence-corrected chi connectivity index (χ1v) is 5.89. The van der Waals surface area contributed by atoms with Crippen molar-refractivity contribution < 1.29 is 0 Å². The first-order valence-electron chi connectivity index (χ1n) is 5.89. The molecule has 0 saturated heterocycles. The predicted octanol–water partition coefficient (Wildman–Crippen LogP) is 1.97. The lowest BCUT2D eigenvalue weighted by Crippen LogP contribution is -2.07. The van der Waals surface area contributed by atoms with Gasteiger partial charge in [0, 0.05) is 6.54 Å². The highest BCUT2D eigenvalue weighted by molar-refractivity contribution is 4.79. The van der Waals surface area contributed by atoms with Crippen molar-refractivity contribution in [3.05, 3.63) is 12.2 Å². The van der Waals surface area contributed by atoms with Crippen LogP contribution in [0.25, 0.3) is 0 Å². The van der Waals surface area contributed by atoms with Gasteiger partial charge < -0.3 is 5.32 Å². The van der Waals surface area contributed by atoms with Crippen molar-refractivity contribution in [1.29, 1.82) is 0 Å². The van der Waals surface area contributed by atoms with Gasteiger partial charge in [0.15, 0.2) is 5.82 Å². The molecule has 1 N–H and O–H groups in total. The van der Waals surface area contributed by atoms with Crippen LogP contribution in [0.3, 0.4) is 0 Å². The lowest BCUT2D eigenvalue weighted by atomic mass is 10.1. The molecule has 4 heteroatoms. The van der Waals surface area contributed by atoms with Gasteiger partial charge in [-0.1, -0.05) is 32.6 Å². The van der Waals surface area contributed by atoms with Crippen LogP contribution >= 0.6 is 0 Å². The van der Waals surface area contributed by atoms with Crippen LogP contribution in [0.15, 0.2) is 6.33 Å². The van der Waals surface area contributed by atoms with Crippen LogP contribution in [-0.2, 0) is 13.1 Å². The Labute approximate surface area is 92.1 Å². The summed E-state index contributed by atoms with van der Waals surface area (Å²) in [6.07, 6.45) is 8.33. The molecule has 1 aromatic heterocycles. The average molecular weight is 210 g/mol. The van der Waals surface area contributed by atoms with Crippen LogP contribution in [0.2, 0.25) is 0 Å². The van der Waals surface area contributed by atoms with E-state index in [-0.39, 0.29) is 0 Å². The summed E-state index contributed by atoms with van der Waals surface area (Å²) in [5.74, 6) is 0.881. The number of hydrogen-bond acceptors (Lipinski definition) is 3. The summed E-state index contributed by atoms with van der Waals surface area (Å²) in [6, 6.07) is 0. The average Bonchev–Trinajstić information content (AvgIpc) is 2.66. The predicted molar refractivity (Wildman–Crippen MR) is 61.5 cm³/mol. The third-order valence-electron chi connectivity index (χ3n) is 2.41. The zero-order valence-corrected chi connectivity index (χ0v) is 9.87. The minimum absolute atomic E-state index is 0.753. The fourth-order valence-corrected chi connectivity index (χ4v) is 1.56. The molecule has 0 aliphatic carbocycles. The molecule has 0 fully saturated rings. The highest BCUT2D eigenvalue weighted by Gasteiger charge is 1.98. The Balaban J connectivity index is 2.14. The highest BCUT2D eigenvalue weighted by atomic mass is 15.3. The van der Waals surface area contributed by atoms with Gasteiger partial charge in [0.05, 0.1) is 6.54 Å². The summed E-state index contributed by atoms with van der Waals surface area (Å²) in [5, 5.41) is 7.40. The van der Waals surface area contributed by atoms with E-state index >= 15 is 0 Å². The minimum atomic E-state index is 0.753. The van der Waals surface area contributed by atoms with Crippen LogP contribution in [-0.4, -0.2) is 21.8 Å². The van der Waals surface area contributed by atoms with E-state index in [1.807, 2.05) is 18.1 Å². The monoisotopic (exact) mass is 210 g/mol. The van der Waals surface area contributed by atoms with E-state index in [0.29, 0.717) is 0 Å². The van der Waals surface area contributed by atoms with Gasteiger partial charge in [-0.3, -0.25) is 4.68 Å². The molecule has 0 bridgehead atoms. The standard InChI is InChI=1S/C11H22N4/c1-3-4-5-6-7-8-15-10-13-11(14-15)9-12-2/h10,12H,3-9H2,1-2H3. The third-order valence-corrected chi connectivity index (χ3v) is 2.41. The summed E-state index contributed by atoms with van der Waals surface area (Å²) >= 11 is 0. The van der Waals surface area contributed by atoms with Crippen LogP contribution in [0.4, 0.5) is 0 Å². The fourth-order valence-electron chi connectivity index (χ4n) is 1.56. The van der Waals surface area contributed by atoms with E-state index < -0.39 is 0 Å². The Morgan fingerprint density at radius 3 is 2.80 bits per heavy atom. The second-order valence-corrected chi connectivity index (χ2v) is 3.87. The largest absolute Gasteiger partial charge is 0.313 e. The summed E-state index contributed by atoms with van der Waals surface area (Å²) in [7, 11) is 1.91. The molecule has 4 nitrogen and oxygen atoms in total. The van der Waals surface area contributed by atoms with Gasteiger partial charge in [-0.2, -0.15) is 5.10 Å². The summed E-state index contributed by atoms with van der Waals surface area (Å²) in [6.45, 7) is 3.99. The topological polar surface area (TPSA) is 42.7 Å². The number of nitrogens with zero attached hydrogens (tertiary/aromatic N) is 3. The van der Waals surface area contributed by atoms with E-state index in [1.165, 1.54) is 32.1 Å². The van der Waals surface area contributed by atoms with Gasteiger partial charge in [-0.05, 0) is 13.5 Å². The van der Waals surface area contributed by atoms with E-state index in [1.54, 1.807) is 0 Å². The van der Waals surface area contributed by atoms with Crippen molar-refractivity contribution in [3.63, 3.8) is 0 Å². The Bertz CT molecular complexity index is 257. The van der Waals surface area contributed by atoms with Gasteiger partial charge in [0.25, 0.3) is 0 Å². The summed E-state index contributed by atoms with van der Waals surface area (Å²) < 4.78 is 1.94. The molecule has 0 unspecified atom stereocenters. The van der Waals surface area contributed by atoms with Gasteiger partial charge in [0.1, 0.15) is 6.33 Å². The number of nitrogens with one attached hydrogen (secondary N) is 1. The molecule has 0 radical (unpaired) electrons. The minimum Gasteiger partial charge on any atom is -0.313 e. The first-order chi connectivity index (χ1) is 7.36. The number of rotatable bonds is 8. The summed E-state index contributed by atoms with van der Waals surface area (Å²) in [5.41, 5.74) is 0. The Morgan fingerprint density at radius 2 is 2.07 bits per heavy atom. The molecule has 1 rings (SSSR count). The quantitative estimate of drug-likeness (QED) is 0.667. The zero-order valence-electron chi connectivity index (χ0n) is 9.87. The molecule has 0 spiro atoms. The van der Waals surface area contributed by atoms with Gasteiger partial charge in [0.2, 0.25) is 0 Å². The molecule has 86 valence electrons. The molecule has 1 aromatic rings. The number of aryl methyl sites for hydroxylation is 1. The van der Waals surface area contributed by atoms with E-state index in [9.17, 15) is 0 Å². The van der Waals surface area contributed by atoms with Crippen molar-refractivity contribution >= 4 is 0 Å². The Kier molecular flexibility index (Phi) is 6.00. The molecule has 0 aliphatic rings. The highest BCUT2D eigenvalue weighted by Crippen LogP contribution is 2.03. The van der Waals surface area contributed by atoms with E-state index in [2.05, 4.69) is 22.3 Å². The van der Waals surface area contributed by atoms with Crippen molar-refractivity contribution in [3.8, 4) is 0 Å². The van der Waals surface area contributed by atoms with Crippen molar-refractivity contribution in [1.82, 2.24) is 20.1 Å². The van der Waals surface area contributed by atoms with Gasteiger partial charge in [-0.15, -0.1) is 0 Å². The van der Waals surface area contributed by atoms with Crippen LogP contribution < -0.4 is 5.32 Å². The van der Waals surface area contributed by atoms with Crippen LogP contribution in [0.5, 0.6) is 0 Å². The zero-order chi connectivity index (χ0) is 10.9. The molecule has 0 aliphatic heterocycles. The third kappa shape index (κ3) is 4.93. The second kappa shape index (κ2) is 7.40. The van der Waals surface area contributed by atoms with Crippen molar-refractivity contribution in [2.24, 2.45) is 0 Å². The first kappa shape index (κ1) is 12.2. The number of aromatic nitrogens is 3. The lowest BCUT2D eigenvalue weighted by molar-refractivity contribution is 0.527. The lowest BCUT2D eigenvalue weighted by Gasteiger charge is -2.00. The maximum atomic E-state index is 4.36. The Hall–Kier alpha value is -0.900. The van der Waals surface area contributed by atoms with Gasteiger partial charge >= 0.3 is 0 Å². The molecule has 15 heavy (non-hydrogen) atoms. The molecule has 0 atom stereocenters. The smallest absolute Gasteiger partial charge is 0.164 e. The van der Waals surface area contributed by atoms with Crippen LogP contribution in [0, 0.1) is 0 Å². The van der Waals surface area contributed by atoms with Crippen molar-refractivity contribution in [2.75, 3.05) is 7.05 Å². The van der Waals surface area contributed by atoms with Crippen LogP contribution in [0.1, 0.15) is 44.9 Å². The Morgan fingerprint density at radius 1 is 1.27 bits per heavy atom.